The normalized spacial score (nSPS) is 10.5. The summed E-state index contributed by atoms with van der Waals surface area (Å²) in [5.41, 5.74) is 2.13. The minimum absolute atomic E-state index is 0.418. The SMILES string of the molecule is COc1cc(/C=C/C(=O)OCC(=O)Nc2ccc(C)cc2Cl)cc(OC)c1. The first-order chi connectivity index (χ1) is 12.9. The molecule has 0 aliphatic rings. The zero-order chi connectivity index (χ0) is 19.8. The van der Waals surface area contributed by atoms with Crippen LogP contribution in [0.2, 0.25) is 5.02 Å². The van der Waals surface area contributed by atoms with Crippen molar-refractivity contribution >= 4 is 35.2 Å². The molecule has 2 aromatic rings. The largest absolute Gasteiger partial charge is 0.497 e. The highest BCUT2D eigenvalue weighted by Gasteiger charge is 2.08. The molecule has 0 spiro atoms. The van der Waals surface area contributed by atoms with Crippen LogP contribution >= 0.6 is 11.6 Å². The highest BCUT2D eigenvalue weighted by molar-refractivity contribution is 6.33. The van der Waals surface area contributed by atoms with Crippen molar-refractivity contribution in [3.8, 4) is 11.5 Å². The summed E-state index contributed by atoms with van der Waals surface area (Å²) >= 11 is 6.05. The monoisotopic (exact) mass is 389 g/mol. The van der Waals surface area contributed by atoms with E-state index < -0.39 is 18.5 Å². The molecule has 0 heterocycles. The molecular weight excluding hydrogens is 370 g/mol. The van der Waals surface area contributed by atoms with E-state index in [9.17, 15) is 9.59 Å². The molecule has 27 heavy (non-hydrogen) atoms. The van der Waals surface area contributed by atoms with Crippen LogP contribution in [0, 0.1) is 6.92 Å². The molecule has 2 rings (SSSR count). The molecule has 0 saturated carbocycles. The van der Waals surface area contributed by atoms with Crippen LogP contribution in [0.1, 0.15) is 11.1 Å². The summed E-state index contributed by atoms with van der Waals surface area (Å²) < 4.78 is 15.3. The first-order valence-corrected chi connectivity index (χ1v) is 8.43. The Morgan fingerprint density at radius 3 is 2.33 bits per heavy atom. The molecule has 142 valence electrons. The van der Waals surface area contributed by atoms with Crippen molar-refractivity contribution in [3.63, 3.8) is 0 Å². The topological polar surface area (TPSA) is 73.9 Å². The number of ether oxygens (including phenoxy) is 3. The second kappa shape index (κ2) is 9.64. The summed E-state index contributed by atoms with van der Waals surface area (Å²) in [7, 11) is 3.07. The van der Waals surface area contributed by atoms with Gasteiger partial charge in [0.25, 0.3) is 5.91 Å². The Morgan fingerprint density at radius 2 is 1.74 bits per heavy atom. The summed E-state index contributed by atoms with van der Waals surface area (Å²) in [6.45, 7) is 1.47. The van der Waals surface area contributed by atoms with Crippen LogP contribution in [0.3, 0.4) is 0 Å². The van der Waals surface area contributed by atoms with Gasteiger partial charge in [-0.05, 0) is 48.4 Å². The second-order valence-electron chi connectivity index (χ2n) is 5.62. The number of hydrogen-bond donors (Lipinski definition) is 1. The Morgan fingerprint density at radius 1 is 1.07 bits per heavy atom. The molecule has 7 heteroatoms. The molecule has 0 bridgehead atoms. The van der Waals surface area contributed by atoms with Gasteiger partial charge in [-0.2, -0.15) is 0 Å². The van der Waals surface area contributed by atoms with Crippen LogP contribution in [-0.2, 0) is 14.3 Å². The Balaban J connectivity index is 1.90. The summed E-state index contributed by atoms with van der Waals surface area (Å²) in [4.78, 5) is 23.7. The number of amides is 1. The maximum atomic E-state index is 11.9. The van der Waals surface area contributed by atoms with E-state index in [1.165, 1.54) is 20.3 Å². The van der Waals surface area contributed by atoms with Crippen LogP contribution in [0.15, 0.2) is 42.5 Å². The van der Waals surface area contributed by atoms with E-state index in [1.54, 1.807) is 36.4 Å². The van der Waals surface area contributed by atoms with Gasteiger partial charge < -0.3 is 19.5 Å². The van der Waals surface area contributed by atoms with Crippen LogP contribution in [0.25, 0.3) is 6.08 Å². The first kappa shape index (κ1) is 20.3. The molecule has 0 unspecified atom stereocenters. The van der Waals surface area contributed by atoms with Crippen molar-refractivity contribution in [3.05, 3.63) is 58.6 Å². The maximum Gasteiger partial charge on any atom is 0.331 e. The van der Waals surface area contributed by atoms with Gasteiger partial charge in [-0.1, -0.05) is 17.7 Å². The average Bonchev–Trinajstić information content (AvgIpc) is 2.66. The summed E-state index contributed by atoms with van der Waals surface area (Å²) in [5.74, 6) is 0.0564. The van der Waals surface area contributed by atoms with E-state index in [0.29, 0.717) is 27.8 Å². The number of anilines is 1. The molecule has 1 amide bonds. The van der Waals surface area contributed by atoms with E-state index in [2.05, 4.69) is 5.32 Å². The highest BCUT2D eigenvalue weighted by atomic mass is 35.5. The molecular formula is C20H20ClNO5. The lowest BCUT2D eigenvalue weighted by Gasteiger charge is -2.08. The number of esters is 1. The van der Waals surface area contributed by atoms with Gasteiger partial charge in [0.15, 0.2) is 6.61 Å². The number of rotatable bonds is 7. The van der Waals surface area contributed by atoms with Crippen molar-refractivity contribution in [2.75, 3.05) is 26.1 Å². The Bertz CT molecular complexity index is 841. The molecule has 2 aromatic carbocycles. The van der Waals surface area contributed by atoms with Gasteiger partial charge in [0.1, 0.15) is 11.5 Å². The minimum Gasteiger partial charge on any atom is -0.497 e. The highest BCUT2D eigenvalue weighted by Crippen LogP contribution is 2.24. The zero-order valence-electron chi connectivity index (χ0n) is 15.2. The van der Waals surface area contributed by atoms with Gasteiger partial charge in [0, 0.05) is 12.1 Å². The lowest BCUT2D eigenvalue weighted by atomic mass is 10.2. The fraction of sp³-hybridized carbons (Fsp3) is 0.200. The van der Waals surface area contributed by atoms with Crippen LogP contribution < -0.4 is 14.8 Å². The molecule has 0 aliphatic heterocycles. The third-order valence-electron chi connectivity index (χ3n) is 3.53. The van der Waals surface area contributed by atoms with E-state index in [1.807, 2.05) is 13.0 Å². The predicted molar refractivity (Wildman–Crippen MR) is 104 cm³/mol. The number of carbonyl (C=O) groups excluding carboxylic acids is 2. The fourth-order valence-corrected chi connectivity index (χ4v) is 2.46. The van der Waals surface area contributed by atoms with Crippen molar-refractivity contribution in [2.45, 2.75) is 6.92 Å². The van der Waals surface area contributed by atoms with Gasteiger partial charge in [0.05, 0.1) is 24.9 Å². The van der Waals surface area contributed by atoms with Crippen molar-refractivity contribution in [1.82, 2.24) is 0 Å². The van der Waals surface area contributed by atoms with E-state index in [0.717, 1.165) is 5.56 Å². The van der Waals surface area contributed by atoms with E-state index >= 15 is 0 Å². The smallest absolute Gasteiger partial charge is 0.331 e. The quantitative estimate of drug-likeness (QED) is 0.575. The lowest BCUT2D eigenvalue weighted by molar-refractivity contribution is -0.142. The summed E-state index contributed by atoms with van der Waals surface area (Å²) in [6, 6.07) is 10.4. The van der Waals surface area contributed by atoms with Gasteiger partial charge >= 0.3 is 5.97 Å². The van der Waals surface area contributed by atoms with Crippen molar-refractivity contribution in [1.29, 1.82) is 0 Å². The van der Waals surface area contributed by atoms with Crippen molar-refractivity contribution in [2.24, 2.45) is 0 Å². The molecule has 0 atom stereocenters. The van der Waals surface area contributed by atoms with E-state index in [4.69, 9.17) is 25.8 Å². The molecule has 0 aromatic heterocycles. The van der Waals surface area contributed by atoms with Gasteiger partial charge in [-0.15, -0.1) is 0 Å². The molecule has 0 fully saturated rings. The molecule has 0 radical (unpaired) electrons. The third-order valence-corrected chi connectivity index (χ3v) is 3.84. The van der Waals surface area contributed by atoms with Crippen molar-refractivity contribution < 1.29 is 23.8 Å². The average molecular weight is 390 g/mol. The summed E-state index contributed by atoms with van der Waals surface area (Å²) in [6.07, 6.45) is 2.77. The van der Waals surface area contributed by atoms with E-state index in [-0.39, 0.29) is 0 Å². The summed E-state index contributed by atoms with van der Waals surface area (Å²) in [5, 5.41) is 3.01. The Hall–Kier alpha value is -2.99. The minimum atomic E-state index is -0.651. The van der Waals surface area contributed by atoms with Gasteiger partial charge in [-0.25, -0.2) is 4.79 Å². The first-order valence-electron chi connectivity index (χ1n) is 8.05. The number of hydrogen-bond acceptors (Lipinski definition) is 5. The number of carbonyl (C=O) groups is 2. The Labute approximate surface area is 162 Å². The maximum absolute atomic E-state index is 11.9. The lowest BCUT2D eigenvalue weighted by Crippen LogP contribution is -2.20. The number of aryl methyl sites for hydroxylation is 1. The van der Waals surface area contributed by atoms with Gasteiger partial charge in [0.2, 0.25) is 0 Å². The van der Waals surface area contributed by atoms with Crippen LogP contribution in [0.5, 0.6) is 11.5 Å². The molecule has 0 aliphatic carbocycles. The number of nitrogens with one attached hydrogen (secondary N) is 1. The second-order valence-corrected chi connectivity index (χ2v) is 6.03. The standard InChI is InChI=1S/C20H20ClNO5/c1-13-4-6-18(17(21)8-13)22-19(23)12-27-20(24)7-5-14-9-15(25-2)11-16(10-14)26-3/h4-11H,12H2,1-3H3,(H,22,23)/b7-5+. The predicted octanol–water partition coefficient (Wildman–Crippen LogP) is 3.86. The molecule has 0 saturated heterocycles. The zero-order valence-corrected chi connectivity index (χ0v) is 16.0. The van der Waals surface area contributed by atoms with Crippen LogP contribution in [0.4, 0.5) is 5.69 Å². The third kappa shape index (κ3) is 6.34. The number of halogens is 1. The molecule has 1 N–H and O–H groups in total. The molecule has 6 nitrogen and oxygen atoms in total. The Kier molecular flexibility index (Phi) is 7.25. The van der Waals surface area contributed by atoms with Crippen LogP contribution in [-0.4, -0.2) is 32.7 Å². The number of methoxy groups -OCH3 is 2. The fourth-order valence-electron chi connectivity index (χ4n) is 2.18. The van der Waals surface area contributed by atoms with Gasteiger partial charge in [-0.3, -0.25) is 4.79 Å². The number of benzene rings is 2.